The van der Waals surface area contributed by atoms with E-state index in [9.17, 15) is 4.79 Å². The largest absolute Gasteiger partial charge is 0.492 e. The number of hydrogen-bond acceptors (Lipinski definition) is 6. The molecule has 1 fully saturated rings. The van der Waals surface area contributed by atoms with Crippen LogP contribution in [0.3, 0.4) is 0 Å². The van der Waals surface area contributed by atoms with Crippen LogP contribution in [-0.2, 0) is 9.53 Å². The van der Waals surface area contributed by atoms with Crippen LogP contribution in [0.25, 0.3) is 5.57 Å². The number of benzene rings is 1. The van der Waals surface area contributed by atoms with Crippen LogP contribution < -0.4 is 4.74 Å². The van der Waals surface area contributed by atoms with E-state index >= 15 is 0 Å². The molecule has 1 atom stereocenters. The Balaban J connectivity index is 0.00000205. The molecule has 0 aliphatic carbocycles. The minimum atomic E-state index is -0.298. The lowest BCUT2D eigenvalue weighted by Gasteiger charge is -2.32. The molecule has 0 amide bonds. The van der Waals surface area contributed by atoms with E-state index in [4.69, 9.17) is 9.47 Å². The summed E-state index contributed by atoms with van der Waals surface area (Å²) in [6.07, 6.45) is 9.11. The highest BCUT2D eigenvalue weighted by Crippen LogP contribution is 2.34. The van der Waals surface area contributed by atoms with Gasteiger partial charge in [0.05, 0.1) is 6.61 Å². The highest BCUT2D eigenvalue weighted by Gasteiger charge is 2.20. The molecular formula is C30H49N3O3. The second-order valence-corrected chi connectivity index (χ2v) is 9.23. The normalized spacial score (nSPS) is 15.9. The molecule has 1 aromatic carbocycles. The van der Waals surface area contributed by atoms with E-state index in [2.05, 4.69) is 67.6 Å². The highest BCUT2D eigenvalue weighted by atomic mass is 16.5. The van der Waals surface area contributed by atoms with E-state index in [0.717, 1.165) is 56.0 Å². The Kier molecular flexibility index (Phi) is 15.7. The number of hydrogen-bond donors (Lipinski definition) is 0. The van der Waals surface area contributed by atoms with Crippen LogP contribution in [0.4, 0.5) is 0 Å². The summed E-state index contributed by atoms with van der Waals surface area (Å²) in [7, 11) is 6.37. The van der Waals surface area contributed by atoms with Crippen LogP contribution >= 0.6 is 0 Å². The Labute approximate surface area is 220 Å². The number of carbonyl (C=O) groups is 1. The molecule has 1 unspecified atom stereocenters. The quantitative estimate of drug-likeness (QED) is 0.217. The molecule has 36 heavy (non-hydrogen) atoms. The van der Waals surface area contributed by atoms with Gasteiger partial charge in [0.2, 0.25) is 0 Å². The lowest BCUT2D eigenvalue weighted by atomic mass is 9.90. The summed E-state index contributed by atoms with van der Waals surface area (Å²) in [6.45, 7) is 17.7. The number of esters is 1. The average Bonchev–Trinajstić information content (AvgIpc) is 2.84. The minimum Gasteiger partial charge on any atom is -0.492 e. The minimum absolute atomic E-state index is 0.220. The van der Waals surface area contributed by atoms with Gasteiger partial charge in [-0.1, -0.05) is 31.2 Å². The lowest BCUT2D eigenvalue weighted by Crippen LogP contribution is -2.45. The number of likely N-dealkylation sites (N-methyl/N-ethyl adjacent to an activating group) is 1. The van der Waals surface area contributed by atoms with E-state index in [1.807, 2.05) is 32.9 Å². The van der Waals surface area contributed by atoms with Crippen molar-refractivity contribution in [1.29, 1.82) is 0 Å². The molecule has 1 aliphatic heterocycles. The summed E-state index contributed by atoms with van der Waals surface area (Å²) >= 11 is 0. The van der Waals surface area contributed by atoms with Crippen LogP contribution in [0.1, 0.15) is 57.7 Å². The first-order chi connectivity index (χ1) is 17.3. The molecule has 0 spiro atoms. The van der Waals surface area contributed by atoms with Gasteiger partial charge in [0.1, 0.15) is 12.4 Å². The number of ether oxygens (including phenoxy) is 2. The number of allylic oxidation sites excluding steroid dienone is 4. The predicted octanol–water partition coefficient (Wildman–Crippen LogP) is 5.43. The van der Waals surface area contributed by atoms with Crippen molar-refractivity contribution in [3.05, 3.63) is 60.2 Å². The summed E-state index contributed by atoms with van der Waals surface area (Å²) in [5.41, 5.74) is 3.22. The Bertz CT molecular complexity index is 840. The fourth-order valence-corrected chi connectivity index (χ4v) is 4.24. The molecule has 6 nitrogen and oxygen atoms in total. The highest BCUT2D eigenvalue weighted by molar-refractivity contribution is 5.92. The van der Waals surface area contributed by atoms with Gasteiger partial charge in [0.15, 0.2) is 0 Å². The van der Waals surface area contributed by atoms with E-state index in [-0.39, 0.29) is 12.0 Å². The summed E-state index contributed by atoms with van der Waals surface area (Å²) in [5.74, 6) is 0.582. The third-order valence-electron chi connectivity index (χ3n) is 6.16. The van der Waals surface area contributed by atoms with Gasteiger partial charge >= 0.3 is 5.97 Å². The molecule has 6 heteroatoms. The molecule has 0 saturated carbocycles. The van der Waals surface area contributed by atoms with Crippen LogP contribution in [-0.4, -0.2) is 87.7 Å². The van der Waals surface area contributed by atoms with Crippen LogP contribution in [0.2, 0.25) is 0 Å². The van der Waals surface area contributed by atoms with E-state index < -0.39 is 0 Å². The van der Waals surface area contributed by atoms with Gasteiger partial charge in [-0.2, -0.15) is 0 Å². The fourth-order valence-electron chi connectivity index (χ4n) is 4.24. The predicted molar refractivity (Wildman–Crippen MR) is 153 cm³/mol. The SMILES string of the molecule is C/C=C\C/C(=C\C(=O)OCC)c1ccc(OCCN2CCN(C)CC2)cc1C(CC)N(C)C.C=CC. The second kappa shape index (κ2) is 17.9. The number of carbonyl (C=O) groups excluding carboxylic acids is 1. The zero-order valence-electron chi connectivity index (χ0n) is 23.8. The first-order valence-corrected chi connectivity index (χ1v) is 13.2. The zero-order valence-corrected chi connectivity index (χ0v) is 23.8. The Morgan fingerprint density at radius 3 is 2.39 bits per heavy atom. The van der Waals surface area contributed by atoms with Crippen LogP contribution in [0, 0.1) is 0 Å². The second-order valence-electron chi connectivity index (χ2n) is 9.23. The third-order valence-corrected chi connectivity index (χ3v) is 6.16. The van der Waals surface area contributed by atoms with Crippen molar-refractivity contribution >= 4 is 11.5 Å². The van der Waals surface area contributed by atoms with Crippen molar-refractivity contribution in [2.75, 3.05) is 67.1 Å². The molecule has 0 radical (unpaired) electrons. The van der Waals surface area contributed by atoms with Crippen LogP contribution in [0.5, 0.6) is 5.75 Å². The molecule has 1 aliphatic rings. The molecule has 1 heterocycles. The molecule has 0 aromatic heterocycles. The molecule has 0 N–H and O–H groups in total. The van der Waals surface area contributed by atoms with Gasteiger partial charge in [-0.15, -0.1) is 6.58 Å². The Morgan fingerprint density at radius 2 is 1.83 bits per heavy atom. The van der Waals surface area contributed by atoms with Gasteiger partial charge in [0.25, 0.3) is 0 Å². The molecule has 1 aromatic rings. The van der Waals surface area contributed by atoms with Gasteiger partial charge in [-0.05, 0) is 83.6 Å². The van der Waals surface area contributed by atoms with Crippen molar-refractivity contribution in [2.24, 2.45) is 0 Å². The van der Waals surface area contributed by atoms with E-state index in [1.165, 1.54) is 5.56 Å². The third kappa shape index (κ3) is 11.1. The molecular weight excluding hydrogens is 450 g/mol. The first kappa shape index (κ1) is 31.6. The molecule has 202 valence electrons. The number of nitrogens with zero attached hydrogens (tertiary/aromatic N) is 3. The molecule has 1 saturated heterocycles. The van der Waals surface area contributed by atoms with Gasteiger partial charge < -0.3 is 19.3 Å². The summed E-state index contributed by atoms with van der Waals surface area (Å²) in [5, 5.41) is 0. The molecule has 2 rings (SSSR count). The first-order valence-electron chi connectivity index (χ1n) is 13.2. The average molecular weight is 500 g/mol. The van der Waals surface area contributed by atoms with Crippen molar-refractivity contribution in [2.45, 2.75) is 46.6 Å². The Hall–Kier alpha value is -2.41. The van der Waals surface area contributed by atoms with Crippen molar-refractivity contribution < 1.29 is 14.3 Å². The van der Waals surface area contributed by atoms with E-state index in [1.54, 1.807) is 12.2 Å². The Morgan fingerprint density at radius 1 is 1.17 bits per heavy atom. The molecule has 0 bridgehead atoms. The lowest BCUT2D eigenvalue weighted by molar-refractivity contribution is -0.137. The zero-order chi connectivity index (χ0) is 26.9. The maximum atomic E-state index is 12.3. The number of rotatable bonds is 12. The maximum Gasteiger partial charge on any atom is 0.331 e. The van der Waals surface area contributed by atoms with Crippen LogP contribution in [0.15, 0.2) is 49.1 Å². The monoisotopic (exact) mass is 499 g/mol. The van der Waals surface area contributed by atoms with Crippen molar-refractivity contribution in [3.63, 3.8) is 0 Å². The number of piperazine rings is 1. The summed E-state index contributed by atoms with van der Waals surface area (Å²) < 4.78 is 11.4. The summed E-state index contributed by atoms with van der Waals surface area (Å²) in [4.78, 5) is 19.3. The van der Waals surface area contributed by atoms with Crippen molar-refractivity contribution in [3.8, 4) is 5.75 Å². The van der Waals surface area contributed by atoms with Gasteiger partial charge in [0, 0.05) is 44.8 Å². The fraction of sp³-hybridized carbons (Fsp3) is 0.567. The standard InChI is InChI=1S/C27H43N3O3.C3H6/c1-7-10-11-22(20-27(31)32-9-3)24-13-12-23(21-25(24)26(8-2)28(4)5)33-19-18-30-16-14-29(6)15-17-30;1-3-2/h7,10,12-13,20-21,26H,8-9,11,14-19H2,1-6H3;3H,1H2,2H3/b10-7-,22-20+;. The van der Waals surface area contributed by atoms with Gasteiger partial charge in [-0.3, -0.25) is 4.90 Å². The summed E-state index contributed by atoms with van der Waals surface area (Å²) in [6, 6.07) is 6.50. The maximum absolute atomic E-state index is 12.3. The van der Waals surface area contributed by atoms with Crippen molar-refractivity contribution in [1.82, 2.24) is 14.7 Å². The van der Waals surface area contributed by atoms with Gasteiger partial charge in [-0.25, -0.2) is 4.79 Å². The topological polar surface area (TPSA) is 45.3 Å². The smallest absolute Gasteiger partial charge is 0.331 e. The van der Waals surface area contributed by atoms with E-state index in [0.29, 0.717) is 19.6 Å².